The van der Waals surface area contributed by atoms with Gasteiger partial charge in [-0.25, -0.2) is 4.79 Å². The smallest absolute Gasteiger partial charge is 0.327 e. The Morgan fingerprint density at radius 2 is 2.00 bits per heavy atom. The normalized spacial score (nSPS) is 16.4. The molecule has 3 rings (SSSR count). The Balaban J connectivity index is 1.88. The van der Waals surface area contributed by atoms with Crippen LogP contribution in [0.15, 0.2) is 59.5 Å². The molecule has 0 spiro atoms. The highest BCUT2D eigenvalue weighted by Gasteiger charge is 2.40. The number of nitrogens with zero attached hydrogens (tertiary/aromatic N) is 2. The molecule has 5 nitrogen and oxygen atoms in total. The minimum atomic E-state index is -1.11. The van der Waals surface area contributed by atoms with Crippen LogP contribution in [0.1, 0.15) is 16.7 Å². The number of aliphatic carboxylic acids is 1. The van der Waals surface area contributed by atoms with Crippen molar-refractivity contribution in [3.8, 4) is 6.07 Å². The maximum Gasteiger partial charge on any atom is 0.327 e. The summed E-state index contributed by atoms with van der Waals surface area (Å²) in [6.07, 6.45) is 1.79. The summed E-state index contributed by atoms with van der Waals surface area (Å²) in [6, 6.07) is 16.9. The van der Waals surface area contributed by atoms with Crippen LogP contribution in [0, 0.1) is 11.3 Å². The van der Waals surface area contributed by atoms with Gasteiger partial charge >= 0.3 is 5.97 Å². The molecule has 7 heteroatoms. The summed E-state index contributed by atoms with van der Waals surface area (Å²) in [4.78, 5) is 26.1. The maximum atomic E-state index is 12.8. The first kappa shape index (κ1) is 18.8. The van der Waals surface area contributed by atoms with Crippen molar-refractivity contribution in [3.63, 3.8) is 0 Å². The number of thioether (sulfide) groups is 1. The van der Waals surface area contributed by atoms with Gasteiger partial charge in [0.1, 0.15) is 10.4 Å². The van der Waals surface area contributed by atoms with Crippen LogP contribution in [0.5, 0.6) is 0 Å². The topological polar surface area (TPSA) is 81.4 Å². The van der Waals surface area contributed by atoms with Crippen LogP contribution in [0.4, 0.5) is 0 Å². The number of carbonyl (C=O) groups excluding carboxylic acids is 1. The lowest BCUT2D eigenvalue weighted by atomic mass is 10.0. The number of hydrogen-bond donors (Lipinski definition) is 1. The molecule has 134 valence electrons. The van der Waals surface area contributed by atoms with E-state index in [0.29, 0.717) is 16.0 Å². The van der Waals surface area contributed by atoms with E-state index in [1.54, 1.807) is 30.3 Å². The fourth-order valence-corrected chi connectivity index (χ4v) is 4.08. The zero-order chi connectivity index (χ0) is 19.4. The third-order valence-electron chi connectivity index (χ3n) is 4.01. The molecule has 0 saturated carbocycles. The summed E-state index contributed by atoms with van der Waals surface area (Å²) < 4.78 is 0.214. The summed E-state index contributed by atoms with van der Waals surface area (Å²) in [5, 5.41) is 18.7. The quantitative estimate of drug-likeness (QED) is 0.618. The van der Waals surface area contributed by atoms with Crippen molar-refractivity contribution in [2.45, 2.75) is 12.5 Å². The molecule has 0 unspecified atom stereocenters. The molecule has 1 atom stereocenters. The minimum absolute atomic E-state index is 0.166. The van der Waals surface area contributed by atoms with E-state index in [-0.39, 0.29) is 10.7 Å². The number of amides is 1. The number of hydrogen-bond acceptors (Lipinski definition) is 5. The van der Waals surface area contributed by atoms with Gasteiger partial charge in [-0.05, 0) is 29.3 Å². The molecule has 1 aliphatic heterocycles. The molecule has 1 N–H and O–H groups in total. The number of carboxylic acids is 1. The molecule has 1 amide bonds. The van der Waals surface area contributed by atoms with E-state index >= 15 is 0 Å². The van der Waals surface area contributed by atoms with E-state index in [2.05, 4.69) is 0 Å². The van der Waals surface area contributed by atoms with Crippen molar-refractivity contribution in [1.82, 2.24) is 4.90 Å². The largest absolute Gasteiger partial charge is 0.480 e. The van der Waals surface area contributed by atoms with Crippen LogP contribution >= 0.6 is 24.0 Å². The van der Waals surface area contributed by atoms with Crippen LogP contribution in [-0.4, -0.2) is 32.2 Å². The van der Waals surface area contributed by atoms with Crippen molar-refractivity contribution in [2.75, 3.05) is 0 Å². The number of rotatable bonds is 5. The summed E-state index contributed by atoms with van der Waals surface area (Å²) in [5.41, 5.74) is 1.97. The van der Waals surface area contributed by atoms with Crippen molar-refractivity contribution in [2.24, 2.45) is 0 Å². The average Bonchev–Trinajstić information content (AvgIpc) is 2.94. The first-order chi connectivity index (χ1) is 13.0. The number of benzene rings is 2. The molecule has 27 heavy (non-hydrogen) atoms. The Hall–Kier alpha value is -2.95. The Bertz CT molecular complexity index is 980. The van der Waals surface area contributed by atoms with E-state index < -0.39 is 17.9 Å². The Morgan fingerprint density at radius 1 is 1.26 bits per heavy atom. The fraction of sp³-hybridized carbons (Fsp3) is 0.100. The van der Waals surface area contributed by atoms with E-state index in [1.807, 2.05) is 36.4 Å². The minimum Gasteiger partial charge on any atom is -0.480 e. The summed E-state index contributed by atoms with van der Waals surface area (Å²) in [6.45, 7) is 0. The van der Waals surface area contributed by atoms with Crippen molar-refractivity contribution in [3.05, 3.63) is 76.2 Å². The van der Waals surface area contributed by atoms with Crippen LogP contribution in [-0.2, 0) is 16.0 Å². The van der Waals surface area contributed by atoms with Gasteiger partial charge in [0.15, 0.2) is 0 Å². The number of carbonyl (C=O) groups is 2. The molecule has 0 radical (unpaired) electrons. The summed E-state index contributed by atoms with van der Waals surface area (Å²) in [7, 11) is 0. The Labute approximate surface area is 165 Å². The molecular weight excluding hydrogens is 380 g/mol. The van der Waals surface area contributed by atoms with Crippen molar-refractivity contribution in [1.29, 1.82) is 5.26 Å². The number of thiocarbonyl (C=S) groups is 1. The van der Waals surface area contributed by atoms with Gasteiger partial charge in [0.25, 0.3) is 5.91 Å². The highest BCUT2D eigenvalue weighted by atomic mass is 32.2. The standard InChI is InChI=1S/C20H14N2O3S2/c21-12-15-8-4-7-14(9-15)11-17-18(23)22(20(26)27-17)16(19(24)25)10-13-5-2-1-3-6-13/h1-9,11,16H,10H2,(H,24,25)/b17-11-/t16-/m0/s1. The predicted molar refractivity (Wildman–Crippen MR) is 108 cm³/mol. The second-order valence-corrected chi connectivity index (χ2v) is 7.51. The van der Waals surface area contributed by atoms with Crippen LogP contribution in [0.3, 0.4) is 0 Å². The first-order valence-electron chi connectivity index (χ1n) is 8.03. The summed E-state index contributed by atoms with van der Waals surface area (Å²) >= 11 is 6.35. The number of carboxylic acid groups (broad SMARTS) is 1. The molecule has 1 saturated heterocycles. The molecule has 1 fully saturated rings. The molecule has 0 bridgehead atoms. The van der Waals surface area contributed by atoms with Gasteiger partial charge < -0.3 is 5.11 Å². The lowest BCUT2D eigenvalue weighted by Crippen LogP contribution is -2.45. The SMILES string of the molecule is N#Cc1cccc(/C=C2\SC(=S)N([C@@H](Cc3ccccc3)C(=O)O)C2=O)c1. The van der Waals surface area contributed by atoms with Crippen molar-refractivity contribution >= 4 is 46.3 Å². The lowest BCUT2D eigenvalue weighted by molar-refractivity contribution is -0.145. The van der Waals surface area contributed by atoms with E-state index in [0.717, 1.165) is 22.2 Å². The zero-order valence-electron chi connectivity index (χ0n) is 14.0. The molecule has 1 aliphatic rings. The van der Waals surface area contributed by atoms with Crippen LogP contribution < -0.4 is 0 Å². The van der Waals surface area contributed by atoms with Crippen molar-refractivity contribution < 1.29 is 14.7 Å². The third-order valence-corrected chi connectivity index (χ3v) is 5.34. The van der Waals surface area contributed by atoms with E-state index in [1.165, 1.54) is 0 Å². The van der Waals surface area contributed by atoms with E-state index in [9.17, 15) is 14.7 Å². The molecular formula is C20H14N2O3S2. The van der Waals surface area contributed by atoms with Crippen LogP contribution in [0.2, 0.25) is 0 Å². The molecule has 0 aliphatic carbocycles. The van der Waals surface area contributed by atoms with Gasteiger partial charge in [-0.15, -0.1) is 0 Å². The molecule has 1 heterocycles. The van der Waals surface area contributed by atoms with Gasteiger partial charge in [-0.3, -0.25) is 9.69 Å². The molecule has 2 aromatic carbocycles. The predicted octanol–water partition coefficient (Wildman–Crippen LogP) is 3.46. The second-order valence-electron chi connectivity index (χ2n) is 5.83. The highest BCUT2D eigenvalue weighted by molar-refractivity contribution is 8.26. The Morgan fingerprint density at radius 3 is 2.67 bits per heavy atom. The van der Waals surface area contributed by atoms with Gasteiger partial charge in [-0.2, -0.15) is 5.26 Å². The van der Waals surface area contributed by atoms with Gasteiger partial charge in [0.05, 0.1) is 16.5 Å². The molecule has 2 aromatic rings. The van der Waals surface area contributed by atoms with Gasteiger partial charge in [0.2, 0.25) is 0 Å². The van der Waals surface area contributed by atoms with E-state index in [4.69, 9.17) is 17.5 Å². The average molecular weight is 394 g/mol. The summed E-state index contributed by atoms with van der Waals surface area (Å²) in [5.74, 6) is -1.54. The molecule has 0 aromatic heterocycles. The zero-order valence-corrected chi connectivity index (χ0v) is 15.7. The van der Waals surface area contributed by atoms with Crippen LogP contribution in [0.25, 0.3) is 6.08 Å². The van der Waals surface area contributed by atoms with Gasteiger partial charge in [0, 0.05) is 6.42 Å². The number of nitriles is 1. The lowest BCUT2D eigenvalue weighted by Gasteiger charge is -2.23. The monoisotopic (exact) mass is 394 g/mol. The third kappa shape index (κ3) is 4.25. The fourth-order valence-electron chi connectivity index (χ4n) is 2.72. The maximum absolute atomic E-state index is 12.8. The van der Waals surface area contributed by atoms with Gasteiger partial charge in [-0.1, -0.05) is 66.4 Å². The Kier molecular flexibility index (Phi) is 5.69. The highest BCUT2D eigenvalue weighted by Crippen LogP contribution is 2.34. The first-order valence-corrected chi connectivity index (χ1v) is 9.26. The second kappa shape index (κ2) is 8.16.